The van der Waals surface area contributed by atoms with E-state index in [4.69, 9.17) is 9.97 Å². The van der Waals surface area contributed by atoms with Crippen molar-refractivity contribution in [2.24, 2.45) is 0 Å². The zero-order valence-corrected chi connectivity index (χ0v) is 13.2. The Morgan fingerprint density at radius 1 is 0.700 bits per heavy atom. The van der Waals surface area contributed by atoms with Gasteiger partial charge in [0, 0.05) is 51.1 Å². The highest BCUT2D eigenvalue weighted by Gasteiger charge is 2.26. The summed E-state index contributed by atoms with van der Waals surface area (Å²) in [5.74, 6) is 0. The van der Waals surface area contributed by atoms with E-state index < -0.39 is 0 Å². The lowest BCUT2D eigenvalue weighted by molar-refractivity contribution is 0.187. The quantitative estimate of drug-likeness (QED) is 0.826. The van der Waals surface area contributed by atoms with Crippen molar-refractivity contribution in [3.8, 4) is 0 Å². The van der Waals surface area contributed by atoms with Crippen LogP contribution < -0.4 is 0 Å². The van der Waals surface area contributed by atoms with Crippen LogP contribution in [0.25, 0.3) is 0 Å². The molecule has 0 saturated heterocycles. The van der Waals surface area contributed by atoms with Gasteiger partial charge < -0.3 is 0 Å². The second kappa shape index (κ2) is 5.41. The molecule has 0 atom stereocenters. The predicted molar refractivity (Wildman–Crippen MR) is 80.5 cm³/mol. The zero-order valence-electron chi connectivity index (χ0n) is 13.2. The van der Waals surface area contributed by atoms with E-state index in [1.54, 1.807) is 0 Å². The molecule has 0 spiro atoms. The van der Waals surface area contributed by atoms with Gasteiger partial charge in [0.25, 0.3) is 0 Å². The van der Waals surface area contributed by atoms with Gasteiger partial charge in [-0.25, -0.2) is 0 Å². The second-order valence-electron chi connectivity index (χ2n) is 6.64. The fraction of sp³-hybridized carbons (Fsp3) is 0.750. The van der Waals surface area contributed by atoms with E-state index in [1.165, 1.54) is 22.8 Å². The average Bonchev–Trinajstić information content (AvgIpc) is 2.43. The van der Waals surface area contributed by atoms with E-state index in [1.807, 2.05) is 0 Å². The molecule has 110 valence electrons. The molecule has 1 aromatic heterocycles. The Labute approximate surface area is 122 Å². The van der Waals surface area contributed by atoms with Crippen LogP contribution in [0.4, 0.5) is 0 Å². The fourth-order valence-corrected chi connectivity index (χ4v) is 3.16. The van der Waals surface area contributed by atoms with Gasteiger partial charge in [0.05, 0.1) is 22.8 Å². The maximum atomic E-state index is 4.97. The van der Waals surface area contributed by atoms with Crippen molar-refractivity contribution in [1.82, 2.24) is 19.8 Å². The molecule has 2 aliphatic heterocycles. The lowest BCUT2D eigenvalue weighted by atomic mass is 10.0. The number of nitrogens with zero attached hydrogens (tertiary/aromatic N) is 4. The molecule has 0 bridgehead atoms. The lowest BCUT2D eigenvalue weighted by Gasteiger charge is -2.34. The molecule has 0 aromatic carbocycles. The maximum Gasteiger partial charge on any atom is 0.0763 e. The van der Waals surface area contributed by atoms with Crippen molar-refractivity contribution < 1.29 is 0 Å². The first-order valence-corrected chi connectivity index (χ1v) is 7.90. The van der Waals surface area contributed by atoms with Gasteiger partial charge in [0.15, 0.2) is 0 Å². The van der Waals surface area contributed by atoms with Crippen molar-refractivity contribution in [3.63, 3.8) is 0 Å². The molecule has 0 radical (unpaired) electrons. The van der Waals surface area contributed by atoms with Gasteiger partial charge >= 0.3 is 0 Å². The zero-order chi connectivity index (χ0) is 14.3. The van der Waals surface area contributed by atoms with Crippen molar-refractivity contribution in [1.29, 1.82) is 0 Å². The lowest BCUT2D eigenvalue weighted by Crippen LogP contribution is -2.40. The van der Waals surface area contributed by atoms with E-state index in [-0.39, 0.29) is 0 Å². The number of hydrogen-bond donors (Lipinski definition) is 0. The van der Waals surface area contributed by atoms with Gasteiger partial charge in [0.2, 0.25) is 0 Å². The van der Waals surface area contributed by atoms with Crippen LogP contribution in [-0.4, -0.2) is 44.9 Å². The minimum atomic E-state index is 0.591. The van der Waals surface area contributed by atoms with Gasteiger partial charge in [0.1, 0.15) is 0 Å². The van der Waals surface area contributed by atoms with E-state index in [9.17, 15) is 0 Å². The molecule has 4 nitrogen and oxygen atoms in total. The predicted octanol–water partition coefficient (Wildman–Crippen LogP) is 2.01. The van der Waals surface area contributed by atoms with E-state index in [2.05, 4.69) is 37.5 Å². The molecule has 4 heteroatoms. The normalized spacial score (nSPS) is 20.3. The van der Waals surface area contributed by atoms with Crippen LogP contribution in [0.5, 0.6) is 0 Å². The molecule has 0 amide bonds. The minimum Gasteiger partial charge on any atom is -0.295 e. The monoisotopic (exact) mass is 274 g/mol. The van der Waals surface area contributed by atoms with Crippen LogP contribution in [0.3, 0.4) is 0 Å². The minimum absolute atomic E-state index is 0.591. The van der Waals surface area contributed by atoms with Crippen molar-refractivity contribution in [3.05, 3.63) is 22.8 Å². The number of hydrogen-bond acceptors (Lipinski definition) is 4. The van der Waals surface area contributed by atoms with Crippen molar-refractivity contribution in [2.45, 2.75) is 65.7 Å². The van der Waals surface area contributed by atoms with E-state index >= 15 is 0 Å². The molecular formula is C16H26N4. The maximum absolute atomic E-state index is 4.97. The molecule has 0 saturated carbocycles. The smallest absolute Gasteiger partial charge is 0.0763 e. The highest BCUT2D eigenvalue weighted by Crippen LogP contribution is 2.23. The summed E-state index contributed by atoms with van der Waals surface area (Å²) in [4.78, 5) is 14.9. The molecular weight excluding hydrogens is 248 g/mol. The van der Waals surface area contributed by atoms with Crippen LogP contribution in [0.2, 0.25) is 0 Å². The van der Waals surface area contributed by atoms with Gasteiger partial charge in [-0.15, -0.1) is 0 Å². The largest absolute Gasteiger partial charge is 0.295 e. The molecule has 3 rings (SSSR count). The molecule has 1 aromatic rings. The summed E-state index contributed by atoms with van der Waals surface area (Å²) in [6, 6.07) is 1.18. The van der Waals surface area contributed by atoms with Gasteiger partial charge in [-0.3, -0.25) is 19.8 Å². The Morgan fingerprint density at radius 2 is 1.10 bits per heavy atom. The summed E-state index contributed by atoms with van der Waals surface area (Å²) in [6.45, 7) is 13.2. The Kier molecular flexibility index (Phi) is 3.78. The summed E-state index contributed by atoms with van der Waals surface area (Å²) in [5.41, 5.74) is 4.93. The summed E-state index contributed by atoms with van der Waals surface area (Å²) < 4.78 is 0. The highest BCUT2D eigenvalue weighted by molar-refractivity contribution is 5.24. The van der Waals surface area contributed by atoms with Crippen molar-refractivity contribution >= 4 is 0 Å². The first-order valence-electron chi connectivity index (χ1n) is 7.90. The summed E-state index contributed by atoms with van der Waals surface area (Å²) in [5, 5.41) is 0. The number of aromatic nitrogens is 2. The third-order valence-corrected chi connectivity index (χ3v) is 4.64. The third kappa shape index (κ3) is 2.59. The molecule has 3 heterocycles. The van der Waals surface area contributed by atoms with Crippen LogP contribution in [0, 0.1) is 0 Å². The molecule has 2 aliphatic rings. The Balaban J connectivity index is 1.86. The van der Waals surface area contributed by atoms with Crippen molar-refractivity contribution in [2.75, 3.05) is 13.1 Å². The fourth-order valence-electron chi connectivity index (χ4n) is 3.16. The average molecular weight is 274 g/mol. The molecule has 0 aliphatic carbocycles. The van der Waals surface area contributed by atoms with Crippen LogP contribution in [-0.2, 0) is 25.9 Å². The molecule has 0 unspecified atom stereocenters. The topological polar surface area (TPSA) is 32.3 Å². The standard InChI is InChI=1S/C16H26N4/c1-11(2)19-7-5-13-15(9-19)18-16-10-20(12(3)4)8-6-14(16)17-13/h11-12H,5-10H2,1-4H3. The Morgan fingerprint density at radius 3 is 1.50 bits per heavy atom. The molecule has 0 N–H and O–H groups in total. The third-order valence-electron chi connectivity index (χ3n) is 4.64. The molecule has 0 fully saturated rings. The molecule has 20 heavy (non-hydrogen) atoms. The number of fused-ring (bicyclic) bond motifs is 2. The Hall–Kier alpha value is -1.00. The van der Waals surface area contributed by atoms with Crippen LogP contribution in [0.15, 0.2) is 0 Å². The second-order valence-corrected chi connectivity index (χ2v) is 6.64. The summed E-state index contributed by atoms with van der Waals surface area (Å²) >= 11 is 0. The highest BCUT2D eigenvalue weighted by atomic mass is 15.2. The van der Waals surface area contributed by atoms with Gasteiger partial charge in [-0.05, 0) is 27.7 Å². The Bertz CT molecular complexity index is 454. The van der Waals surface area contributed by atoms with Crippen LogP contribution in [0.1, 0.15) is 50.5 Å². The number of rotatable bonds is 2. The summed E-state index contributed by atoms with van der Waals surface area (Å²) in [7, 11) is 0. The van der Waals surface area contributed by atoms with Gasteiger partial charge in [-0.2, -0.15) is 0 Å². The SMILES string of the molecule is CC(C)N1CCc2nc3c(nc2C1)CN(C(C)C)CC3. The summed E-state index contributed by atoms with van der Waals surface area (Å²) in [6.07, 6.45) is 2.11. The van der Waals surface area contributed by atoms with Crippen LogP contribution >= 0.6 is 0 Å². The van der Waals surface area contributed by atoms with E-state index in [0.29, 0.717) is 12.1 Å². The first-order chi connectivity index (χ1) is 9.54. The first kappa shape index (κ1) is 14.0. The van der Waals surface area contributed by atoms with E-state index in [0.717, 1.165) is 39.0 Å². The van der Waals surface area contributed by atoms with Gasteiger partial charge in [-0.1, -0.05) is 0 Å².